The van der Waals surface area contributed by atoms with E-state index in [0.717, 1.165) is 12.8 Å². The van der Waals surface area contributed by atoms with Crippen LogP contribution < -0.4 is 0 Å². The van der Waals surface area contributed by atoms with E-state index >= 15 is 0 Å². The number of rotatable bonds is 6. The van der Waals surface area contributed by atoms with Crippen LogP contribution in [-0.4, -0.2) is 40.8 Å². The molecule has 0 amide bonds. The maximum Gasteiger partial charge on any atom is 0.404 e. The van der Waals surface area contributed by atoms with Crippen molar-refractivity contribution >= 4 is 5.97 Å². The summed E-state index contributed by atoms with van der Waals surface area (Å²) in [5.74, 6) is -1.40. The first-order valence-electron chi connectivity index (χ1n) is 5.40. The minimum atomic E-state index is -4.46. The quantitative estimate of drug-likeness (QED) is 0.773. The van der Waals surface area contributed by atoms with Crippen molar-refractivity contribution in [3.8, 4) is 0 Å². The van der Waals surface area contributed by atoms with Crippen LogP contribution in [0.4, 0.5) is 13.2 Å². The third kappa shape index (κ3) is 3.66. The standard InChI is InChI=1S/C10H16F3NO2/c1-2-5-14(7-3-4-7)8(6-9(15)16)10(11,12)13/h7-8H,2-6H2,1H3,(H,15,16). The molecule has 0 saturated heterocycles. The third-order valence-corrected chi connectivity index (χ3v) is 2.64. The summed E-state index contributed by atoms with van der Waals surface area (Å²) in [4.78, 5) is 11.8. The highest BCUT2D eigenvalue weighted by Crippen LogP contribution is 2.36. The zero-order valence-electron chi connectivity index (χ0n) is 9.13. The zero-order chi connectivity index (χ0) is 12.3. The van der Waals surface area contributed by atoms with Gasteiger partial charge in [-0.15, -0.1) is 0 Å². The van der Waals surface area contributed by atoms with Crippen LogP contribution in [0.5, 0.6) is 0 Å². The Labute approximate surface area is 92.2 Å². The van der Waals surface area contributed by atoms with Crippen molar-refractivity contribution < 1.29 is 23.1 Å². The molecule has 0 aromatic rings. The Morgan fingerprint density at radius 3 is 2.38 bits per heavy atom. The Bertz CT molecular complexity index is 251. The molecule has 1 unspecified atom stereocenters. The topological polar surface area (TPSA) is 40.5 Å². The van der Waals surface area contributed by atoms with Crippen LogP contribution in [0.1, 0.15) is 32.6 Å². The van der Waals surface area contributed by atoms with Crippen molar-refractivity contribution in [3.63, 3.8) is 0 Å². The monoisotopic (exact) mass is 239 g/mol. The molecule has 1 aliphatic rings. The van der Waals surface area contributed by atoms with Gasteiger partial charge < -0.3 is 5.11 Å². The SMILES string of the molecule is CCCN(C1CC1)C(CC(=O)O)C(F)(F)F. The van der Waals surface area contributed by atoms with Gasteiger partial charge in [-0.1, -0.05) is 6.92 Å². The second-order valence-electron chi connectivity index (χ2n) is 4.12. The van der Waals surface area contributed by atoms with E-state index in [0.29, 0.717) is 13.0 Å². The van der Waals surface area contributed by atoms with Gasteiger partial charge in [0.2, 0.25) is 0 Å². The van der Waals surface area contributed by atoms with Crippen molar-refractivity contribution in [3.05, 3.63) is 0 Å². The van der Waals surface area contributed by atoms with E-state index in [1.807, 2.05) is 0 Å². The average molecular weight is 239 g/mol. The fraction of sp³-hybridized carbons (Fsp3) is 0.900. The smallest absolute Gasteiger partial charge is 0.404 e. The summed E-state index contributed by atoms with van der Waals surface area (Å²) < 4.78 is 38.2. The summed E-state index contributed by atoms with van der Waals surface area (Å²) in [5, 5.41) is 8.54. The summed E-state index contributed by atoms with van der Waals surface area (Å²) in [7, 11) is 0. The number of alkyl halides is 3. The number of hydrogen-bond acceptors (Lipinski definition) is 2. The number of carboxylic acid groups (broad SMARTS) is 1. The molecule has 0 bridgehead atoms. The Kier molecular flexibility index (Phi) is 4.18. The van der Waals surface area contributed by atoms with Gasteiger partial charge in [-0.05, 0) is 25.8 Å². The van der Waals surface area contributed by atoms with E-state index in [1.54, 1.807) is 6.92 Å². The lowest BCUT2D eigenvalue weighted by molar-refractivity contribution is -0.192. The maximum absolute atomic E-state index is 12.7. The van der Waals surface area contributed by atoms with Gasteiger partial charge in [0.25, 0.3) is 0 Å². The van der Waals surface area contributed by atoms with E-state index in [9.17, 15) is 18.0 Å². The first-order chi connectivity index (χ1) is 7.36. The highest BCUT2D eigenvalue weighted by atomic mass is 19.4. The van der Waals surface area contributed by atoms with Gasteiger partial charge in [-0.3, -0.25) is 9.69 Å². The first-order valence-corrected chi connectivity index (χ1v) is 5.40. The minimum Gasteiger partial charge on any atom is -0.481 e. The molecule has 3 nitrogen and oxygen atoms in total. The lowest BCUT2D eigenvalue weighted by Gasteiger charge is -2.32. The van der Waals surface area contributed by atoms with Crippen LogP contribution in [0.15, 0.2) is 0 Å². The van der Waals surface area contributed by atoms with E-state index in [1.165, 1.54) is 4.90 Å². The Morgan fingerprint density at radius 1 is 1.50 bits per heavy atom. The van der Waals surface area contributed by atoms with Crippen molar-refractivity contribution in [2.75, 3.05) is 6.54 Å². The maximum atomic E-state index is 12.7. The van der Waals surface area contributed by atoms with E-state index < -0.39 is 24.6 Å². The molecule has 0 aromatic heterocycles. The molecule has 1 fully saturated rings. The minimum absolute atomic E-state index is 0.0778. The van der Waals surface area contributed by atoms with Crippen LogP contribution in [0.3, 0.4) is 0 Å². The van der Waals surface area contributed by atoms with Crippen molar-refractivity contribution in [1.29, 1.82) is 0 Å². The summed E-state index contributed by atoms with van der Waals surface area (Å²) in [6.07, 6.45) is -3.24. The Hall–Kier alpha value is -0.780. The van der Waals surface area contributed by atoms with Gasteiger partial charge in [0.15, 0.2) is 0 Å². The molecule has 6 heteroatoms. The van der Waals surface area contributed by atoms with Crippen LogP contribution >= 0.6 is 0 Å². The molecule has 1 rings (SSSR count). The molecule has 0 spiro atoms. The van der Waals surface area contributed by atoms with Crippen molar-refractivity contribution in [2.24, 2.45) is 0 Å². The number of hydrogen-bond donors (Lipinski definition) is 1. The lowest BCUT2D eigenvalue weighted by Crippen LogP contribution is -2.48. The Morgan fingerprint density at radius 2 is 2.06 bits per heavy atom. The number of halogens is 3. The molecule has 1 saturated carbocycles. The fourth-order valence-corrected chi connectivity index (χ4v) is 1.84. The summed E-state index contributed by atoms with van der Waals surface area (Å²) >= 11 is 0. The lowest BCUT2D eigenvalue weighted by atomic mass is 10.1. The van der Waals surface area contributed by atoms with E-state index in [2.05, 4.69) is 0 Å². The zero-order valence-corrected chi connectivity index (χ0v) is 9.13. The molecule has 1 N–H and O–H groups in total. The molecule has 16 heavy (non-hydrogen) atoms. The molecule has 1 aliphatic carbocycles. The largest absolute Gasteiger partial charge is 0.481 e. The highest BCUT2D eigenvalue weighted by Gasteiger charge is 2.48. The normalized spacial score (nSPS) is 18.8. The number of carbonyl (C=O) groups is 1. The molecular formula is C10H16F3NO2. The van der Waals surface area contributed by atoms with Gasteiger partial charge in [0.05, 0.1) is 6.42 Å². The summed E-state index contributed by atoms with van der Waals surface area (Å²) in [6, 6.07) is -1.91. The van der Waals surface area contributed by atoms with Crippen LogP contribution in [-0.2, 0) is 4.79 Å². The molecule has 1 atom stereocenters. The fourth-order valence-electron chi connectivity index (χ4n) is 1.84. The first kappa shape index (κ1) is 13.3. The second kappa shape index (κ2) is 5.03. The van der Waals surface area contributed by atoms with Crippen LogP contribution in [0, 0.1) is 0 Å². The van der Waals surface area contributed by atoms with Crippen LogP contribution in [0.2, 0.25) is 0 Å². The molecule has 94 valence electrons. The number of nitrogens with zero attached hydrogens (tertiary/aromatic N) is 1. The molecule has 0 aliphatic heterocycles. The Balaban J connectivity index is 2.74. The second-order valence-corrected chi connectivity index (χ2v) is 4.12. The van der Waals surface area contributed by atoms with Crippen molar-refractivity contribution in [1.82, 2.24) is 4.90 Å². The van der Waals surface area contributed by atoms with Gasteiger partial charge in [0.1, 0.15) is 6.04 Å². The number of carboxylic acids is 1. The predicted molar refractivity (Wildman–Crippen MR) is 52.1 cm³/mol. The van der Waals surface area contributed by atoms with Gasteiger partial charge in [-0.2, -0.15) is 13.2 Å². The average Bonchev–Trinajstić information content (AvgIpc) is 2.92. The van der Waals surface area contributed by atoms with E-state index in [-0.39, 0.29) is 6.04 Å². The molecular weight excluding hydrogens is 223 g/mol. The van der Waals surface area contributed by atoms with E-state index in [4.69, 9.17) is 5.11 Å². The molecule has 0 aromatic carbocycles. The number of aliphatic carboxylic acids is 1. The van der Waals surface area contributed by atoms with Crippen LogP contribution in [0.25, 0.3) is 0 Å². The van der Waals surface area contributed by atoms with Crippen molar-refractivity contribution in [2.45, 2.75) is 50.9 Å². The predicted octanol–water partition coefficient (Wildman–Crippen LogP) is 2.27. The summed E-state index contributed by atoms with van der Waals surface area (Å²) in [5.41, 5.74) is 0. The summed E-state index contributed by atoms with van der Waals surface area (Å²) in [6.45, 7) is 2.10. The molecule has 0 heterocycles. The van der Waals surface area contributed by atoms with Gasteiger partial charge in [0, 0.05) is 6.04 Å². The van der Waals surface area contributed by atoms with Gasteiger partial charge in [-0.25, -0.2) is 0 Å². The van der Waals surface area contributed by atoms with Gasteiger partial charge >= 0.3 is 12.1 Å². The molecule has 0 radical (unpaired) electrons. The highest BCUT2D eigenvalue weighted by molar-refractivity contribution is 5.67. The third-order valence-electron chi connectivity index (χ3n) is 2.64.